The van der Waals surface area contributed by atoms with Crippen LogP contribution in [0.25, 0.3) is 10.9 Å². The highest BCUT2D eigenvalue weighted by atomic mass is 19.4. The SMILES string of the molecule is FC(F)(F)c1[nH]c2ccccc2c1CC1CCNC1. The van der Waals surface area contributed by atoms with Crippen molar-refractivity contribution in [3.63, 3.8) is 0 Å². The highest BCUT2D eigenvalue weighted by Gasteiger charge is 2.36. The van der Waals surface area contributed by atoms with Crippen molar-refractivity contribution < 1.29 is 13.2 Å². The fourth-order valence-electron chi connectivity index (χ4n) is 2.83. The third-order valence-corrected chi connectivity index (χ3v) is 3.75. The highest BCUT2D eigenvalue weighted by Crippen LogP contribution is 2.37. The Bertz CT molecular complexity index is 580. The van der Waals surface area contributed by atoms with E-state index < -0.39 is 11.9 Å². The molecule has 1 aromatic carbocycles. The summed E-state index contributed by atoms with van der Waals surface area (Å²) in [6, 6.07) is 6.99. The van der Waals surface area contributed by atoms with Gasteiger partial charge in [0.2, 0.25) is 0 Å². The molecule has 2 aromatic rings. The zero-order chi connectivity index (χ0) is 13.5. The Labute approximate surface area is 109 Å². The molecule has 2 N–H and O–H groups in total. The molecule has 1 aromatic heterocycles. The number of hydrogen-bond donors (Lipinski definition) is 2. The monoisotopic (exact) mass is 268 g/mol. The van der Waals surface area contributed by atoms with Gasteiger partial charge in [-0.25, -0.2) is 0 Å². The molecule has 0 bridgehead atoms. The van der Waals surface area contributed by atoms with Gasteiger partial charge in [-0.15, -0.1) is 0 Å². The lowest BCUT2D eigenvalue weighted by molar-refractivity contribution is -0.141. The molecule has 2 heterocycles. The molecule has 5 heteroatoms. The van der Waals surface area contributed by atoms with Crippen molar-refractivity contribution in [3.05, 3.63) is 35.5 Å². The Morgan fingerprint density at radius 1 is 1.21 bits per heavy atom. The number of benzene rings is 1. The summed E-state index contributed by atoms with van der Waals surface area (Å²) in [6.45, 7) is 1.70. The first-order valence-electron chi connectivity index (χ1n) is 6.43. The maximum atomic E-state index is 13.1. The summed E-state index contributed by atoms with van der Waals surface area (Å²) in [5, 5.41) is 3.90. The summed E-state index contributed by atoms with van der Waals surface area (Å²) in [6.07, 6.45) is -2.90. The third-order valence-electron chi connectivity index (χ3n) is 3.75. The molecule has 1 aliphatic heterocycles. The Morgan fingerprint density at radius 3 is 2.68 bits per heavy atom. The van der Waals surface area contributed by atoms with Crippen LogP contribution in [0.2, 0.25) is 0 Å². The first-order valence-corrected chi connectivity index (χ1v) is 6.43. The average Bonchev–Trinajstić information content (AvgIpc) is 2.97. The topological polar surface area (TPSA) is 27.8 Å². The van der Waals surface area contributed by atoms with E-state index in [-0.39, 0.29) is 0 Å². The highest BCUT2D eigenvalue weighted by molar-refractivity contribution is 5.84. The molecule has 3 rings (SSSR count). The first-order chi connectivity index (χ1) is 9.05. The van der Waals surface area contributed by atoms with Crippen LogP contribution in [-0.4, -0.2) is 18.1 Å². The van der Waals surface area contributed by atoms with E-state index in [0.29, 0.717) is 28.8 Å². The minimum absolute atomic E-state index is 0.292. The maximum absolute atomic E-state index is 13.1. The van der Waals surface area contributed by atoms with Crippen LogP contribution in [0.3, 0.4) is 0 Å². The number of hydrogen-bond acceptors (Lipinski definition) is 1. The molecule has 1 fully saturated rings. The third kappa shape index (κ3) is 2.34. The van der Waals surface area contributed by atoms with Gasteiger partial charge in [0.25, 0.3) is 0 Å². The molecule has 1 saturated heterocycles. The number of rotatable bonds is 2. The molecule has 102 valence electrons. The van der Waals surface area contributed by atoms with Gasteiger partial charge in [-0.2, -0.15) is 13.2 Å². The van der Waals surface area contributed by atoms with Crippen LogP contribution in [0.15, 0.2) is 24.3 Å². The standard InChI is InChI=1S/C14H15F3N2/c15-14(16,17)13-11(7-9-5-6-18-8-9)10-3-1-2-4-12(10)19-13/h1-4,9,18-19H,5-8H2. The van der Waals surface area contributed by atoms with Gasteiger partial charge in [0.1, 0.15) is 5.69 Å². The molecule has 0 saturated carbocycles. The second-order valence-corrected chi connectivity index (χ2v) is 5.08. The second-order valence-electron chi connectivity index (χ2n) is 5.08. The Balaban J connectivity index is 2.07. The van der Waals surface area contributed by atoms with Gasteiger partial charge in [-0.1, -0.05) is 18.2 Å². The van der Waals surface area contributed by atoms with Gasteiger partial charge < -0.3 is 10.3 Å². The van der Waals surface area contributed by atoms with Crippen molar-refractivity contribution >= 4 is 10.9 Å². The fraction of sp³-hybridized carbons (Fsp3) is 0.429. The first kappa shape index (κ1) is 12.5. The summed E-state index contributed by atoms with van der Waals surface area (Å²) in [5.41, 5.74) is 0.396. The minimum Gasteiger partial charge on any atom is -0.351 e. The molecule has 1 aliphatic rings. The predicted molar refractivity (Wildman–Crippen MR) is 68.0 cm³/mol. The van der Waals surface area contributed by atoms with Gasteiger partial charge in [0.15, 0.2) is 0 Å². The number of fused-ring (bicyclic) bond motifs is 1. The largest absolute Gasteiger partial charge is 0.431 e. The van der Waals surface area contributed by atoms with E-state index in [1.807, 2.05) is 0 Å². The maximum Gasteiger partial charge on any atom is 0.431 e. The summed E-state index contributed by atoms with van der Waals surface area (Å²) in [7, 11) is 0. The molecule has 1 unspecified atom stereocenters. The van der Waals surface area contributed by atoms with Crippen LogP contribution < -0.4 is 5.32 Å². The van der Waals surface area contributed by atoms with Crippen LogP contribution in [0, 0.1) is 5.92 Å². The molecule has 0 amide bonds. The molecule has 19 heavy (non-hydrogen) atoms. The van der Waals surface area contributed by atoms with Crippen molar-refractivity contribution in [1.82, 2.24) is 10.3 Å². The van der Waals surface area contributed by atoms with Gasteiger partial charge in [-0.05, 0) is 43.5 Å². The van der Waals surface area contributed by atoms with Crippen molar-refractivity contribution in [3.8, 4) is 0 Å². The van der Waals surface area contributed by atoms with Crippen LogP contribution >= 0.6 is 0 Å². The molecule has 0 spiro atoms. The molecular formula is C14H15F3N2. The second kappa shape index (κ2) is 4.56. The van der Waals surface area contributed by atoms with Gasteiger partial charge in [0, 0.05) is 10.9 Å². The number of halogens is 3. The lowest BCUT2D eigenvalue weighted by Gasteiger charge is -2.12. The van der Waals surface area contributed by atoms with Crippen molar-refractivity contribution in [2.45, 2.75) is 19.0 Å². The molecule has 1 atom stereocenters. The van der Waals surface area contributed by atoms with E-state index in [2.05, 4.69) is 10.3 Å². The Hall–Kier alpha value is -1.49. The number of nitrogens with one attached hydrogen (secondary N) is 2. The van der Waals surface area contributed by atoms with Crippen LogP contribution in [0.5, 0.6) is 0 Å². The summed E-state index contributed by atoms with van der Waals surface area (Å²) < 4.78 is 39.3. The lowest BCUT2D eigenvalue weighted by Crippen LogP contribution is -2.14. The van der Waals surface area contributed by atoms with E-state index in [9.17, 15) is 13.2 Å². The number of alkyl halides is 3. The van der Waals surface area contributed by atoms with E-state index >= 15 is 0 Å². The molecule has 0 radical (unpaired) electrons. The minimum atomic E-state index is -4.32. The van der Waals surface area contributed by atoms with Crippen molar-refractivity contribution in [2.24, 2.45) is 5.92 Å². The van der Waals surface area contributed by atoms with E-state index in [4.69, 9.17) is 0 Å². The normalized spacial score (nSPS) is 20.3. The summed E-state index contributed by atoms with van der Waals surface area (Å²) in [5.74, 6) is 0.292. The molecule has 0 aliphatic carbocycles. The summed E-state index contributed by atoms with van der Waals surface area (Å²) >= 11 is 0. The van der Waals surface area contributed by atoms with E-state index in [0.717, 1.165) is 19.5 Å². The van der Waals surface area contributed by atoms with E-state index in [1.165, 1.54) is 0 Å². The van der Waals surface area contributed by atoms with Gasteiger partial charge in [-0.3, -0.25) is 0 Å². The number of para-hydroxylation sites is 1. The smallest absolute Gasteiger partial charge is 0.351 e. The van der Waals surface area contributed by atoms with Gasteiger partial charge in [0.05, 0.1) is 0 Å². The summed E-state index contributed by atoms with van der Waals surface area (Å²) in [4.78, 5) is 2.53. The lowest BCUT2D eigenvalue weighted by atomic mass is 9.96. The number of aromatic amines is 1. The van der Waals surface area contributed by atoms with Crippen LogP contribution in [0.4, 0.5) is 13.2 Å². The number of H-pyrrole nitrogens is 1. The Morgan fingerprint density at radius 2 is 2.00 bits per heavy atom. The predicted octanol–water partition coefficient (Wildman–Crippen LogP) is 3.34. The van der Waals surface area contributed by atoms with Crippen molar-refractivity contribution in [2.75, 3.05) is 13.1 Å². The quantitative estimate of drug-likeness (QED) is 0.859. The van der Waals surface area contributed by atoms with Crippen LogP contribution in [-0.2, 0) is 12.6 Å². The zero-order valence-corrected chi connectivity index (χ0v) is 10.3. The van der Waals surface area contributed by atoms with Gasteiger partial charge >= 0.3 is 6.18 Å². The molecular weight excluding hydrogens is 253 g/mol. The Kier molecular flexibility index (Phi) is 3.01. The van der Waals surface area contributed by atoms with Crippen molar-refractivity contribution in [1.29, 1.82) is 0 Å². The number of aromatic nitrogens is 1. The average molecular weight is 268 g/mol. The zero-order valence-electron chi connectivity index (χ0n) is 10.3. The molecule has 2 nitrogen and oxygen atoms in total. The fourth-order valence-corrected chi connectivity index (χ4v) is 2.83. The van der Waals surface area contributed by atoms with E-state index in [1.54, 1.807) is 24.3 Å². The van der Waals surface area contributed by atoms with Crippen LogP contribution in [0.1, 0.15) is 17.7 Å².